The fraction of sp³-hybridized carbons (Fsp3) is 0.524. The number of hydrogen-bond donors (Lipinski definition) is 0. The van der Waals surface area contributed by atoms with Crippen molar-refractivity contribution in [2.75, 3.05) is 24.5 Å². The lowest BCUT2D eigenvalue weighted by Gasteiger charge is -2.51. The fourth-order valence-corrected chi connectivity index (χ4v) is 5.56. The van der Waals surface area contributed by atoms with Crippen molar-refractivity contribution in [1.29, 1.82) is 0 Å². The summed E-state index contributed by atoms with van der Waals surface area (Å²) in [4.78, 5) is 13.9. The largest absolute Gasteiger partial charge is 0.351 e. The third-order valence-electron chi connectivity index (χ3n) is 6.89. The minimum Gasteiger partial charge on any atom is -0.351 e. The summed E-state index contributed by atoms with van der Waals surface area (Å²) in [6.07, 6.45) is 4.00. The van der Waals surface area contributed by atoms with Crippen molar-refractivity contribution in [1.82, 2.24) is 14.9 Å². The molecule has 27 heavy (non-hydrogen) atoms. The molecule has 0 amide bonds. The summed E-state index contributed by atoms with van der Waals surface area (Å²) in [5.41, 5.74) is 2.85. The average molecular weight is 370 g/mol. The number of hydrogen-bond acceptors (Lipinski definition) is 4. The Balaban J connectivity index is 1.61. The first-order valence-electron chi connectivity index (χ1n) is 9.78. The molecule has 6 heteroatoms. The third kappa shape index (κ3) is 2.64. The van der Waals surface area contributed by atoms with Crippen molar-refractivity contribution in [3.8, 4) is 0 Å². The molecule has 4 aliphatic heterocycles. The van der Waals surface area contributed by atoms with Crippen LogP contribution in [-0.4, -0.2) is 46.6 Å². The molecule has 4 aliphatic rings. The van der Waals surface area contributed by atoms with Crippen LogP contribution in [0, 0.1) is 31.4 Å². The molecular formula is C21H24F2N4. The van der Waals surface area contributed by atoms with E-state index in [1.165, 1.54) is 25.0 Å². The molecular weight excluding hydrogens is 346 g/mol. The molecule has 1 aromatic heterocycles. The van der Waals surface area contributed by atoms with Crippen LogP contribution in [-0.2, 0) is 0 Å². The zero-order chi connectivity index (χ0) is 18.7. The first kappa shape index (κ1) is 17.0. The van der Waals surface area contributed by atoms with E-state index in [-0.39, 0.29) is 12.0 Å². The molecule has 142 valence electrons. The van der Waals surface area contributed by atoms with E-state index >= 15 is 0 Å². The number of anilines is 1. The van der Waals surface area contributed by atoms with Gasteiger partial charge < -0.3 is 4.90 Å². The van der Waals surface area contributed by atoms with Gasteiger partial charge in [-0.05, 0) is 63.4 Å². The number of halogens is 2. The SMILES string of the molecule is Cc1ncnc(N2C[C@H](c3cc(F)cc(F)c3)[C@H]3[C@@H]2C2CCN3CC2)c1C. The number of piperidine rings is 3. The van der Waals surface area contributed by atoms with E-state index in [1.54, 1.807) is 6.33 Å². The lowest BCUT2D eigenvalue weighted by Crippen LogP contribution is -2.60. The van der Waals surface area contributed by atoms with Gasteiger partial charge in [-0.2, -0.15) is 0 Å². The monoisotopic (exact) mass is 370 g/mol. The van der Waals surface area contributed by atoms with E-state index < -0.39 is 11.6 Å². The number of aromatic nitrogens is 2. The van der Waals surface area contributed by atoms with Gasteiger partial charge in [-0.1, -0.05) is 0 Å². The number of benzene rings is 1. The smallest absolute Gasteiger partial charge is 0.135 e. The molecule has 0 spiro atoms. The highest BCUT2D eigenvalue weighted by Crippen LogP contribution is 2.48. The fourth-order valence-electron chi connectivity index (χ4n) is 5.56. The summed E-state index contributed by atoms with van der Waals surface area (Å²) < 4.78 is 27.9. The quantitative estimate of drug-likeness (QED) is 0.811. The lowest BCUT2D eigenvalue weighted by atomic mass is 9.75. The lowest BCUT2D eigenvalue weighted by molar-refractivity contribution is 0.0353. The molecule has 3 atom stereocenters. The molecule has 4 nitrogen and oxygen atoms in total. The van der Waals surface area contributed by atoms with Gasteiger partial charge >= 0.3 is 0 Å². The van der Waals surface area contributed by atoms with Crippen molar-refractivity contribution >= 4 is 5.82 Å². The van der Waals surface area contributed by atoms with Crippen molar-refractivity contribution in [3.63, 3.8) is 0 Å². The average Bonchev–Trinajstić information content (AvgIpc) is 3.07. The molecule has 4 fully saturated rings. The zero-order valence-electron chi connectivity index (χ0n) is 15.7. The topological polar surface area (TPSA) is 32.3 Å². The molecule has 0 radical (unpaired) electrons. The third-order valence-corrected chi connectivity index (χ3v) is 6.89. The predicted octanol–water partition coefficient (Wildman–Crippen LogP) is 3.44. The molecule has 2 bridgehead atoms. The van der Waals surface area contributed by atoms with Crippen LogP contribution in [0.4, 0.5) is 14.6 Å². The summed E-state index contributed by atoms with van der Waals surface area (Å²) in [5.74, 6) is 0.678. The standard InChI is InChI=1S/C21H24F2N4/c1-12-13(2)24-11-25-21(12)27-10-18(15-7-16(22)9-17(23)8-15)20-19(27)14-3-5-26(20)6-4-14/h7-9,11,14,18-20H,3-6,10H2,1-2H3/t18-,19+,20+/m1/s1. The van der Waals surface area contributed by atoms with Crippen LogP contribution in [0.3, 0.4) is 0 Å². The number of fused-ring (bicyclic) bond motifs is 2. The van der Waals surface area contributed by atoms with E-state index in [1.807, 2.05) is 6.92 Å². The summed E-state index contributed by atoms with van der Waals surface area (Å²) in [6.45, 7) is 6.97. The van der Waals surface area contributed by atoms with Gasteiger partial charge in [0.2, 0.25) is 0 Å². The first-order valence-corrected chi connectivity index (χ1v) is 9.78. The molecule has 2 aromatic rings. The van der Waals surface area contributed by atoms with Gasteiger partial charge in [0.25, 0.3) is 0 Å². The summed E-state index contributed by atoms with van der Waals surface area (Å²) in [6, 6.07) is 4.61. The highest BCUT2D eigenvalue weighted by Gasteiger charge is 2.54. The van der Waals surface area contributed by atoms with Gasteiger partial charge in [0.05, 0.1) is 0 Å². The maximum Gasteiger partial charge on any atom is 0.135 e. The highest BCUT2D eigenvalue weighted by atomic mass is 19.1. The maximum absolute atomic E-state index is 13.9. The van der Waals surface area contributed by atoms with Gasteiger partial charge in [-0.15, -0.1) is 0 Å². The summed E-state index contributed by atoms with van der Waals surface area (Å²) >= 11 is 0. The highest BCUT2D eigenvalue weighted by molar-refractivity contribution is 5.52. The summed E-state index contributed by atoms with van der Waals surface area (Å²) in [7, 11) is 0. The minimum absolute atomic E-state index is 0.0815. The Morgan fingerprint density at radius 3 is 2.37 bits per heavy atom. The predicted molar refractivity (Wildman–Crippen MR) is 99.8 cm³/mol. The Labute approximate surface area is 158 Å². The van der Waals surface area contributed by atoms with Crippen LogP contribution in [0.15, 0.2) is 24.5 Å². The molecule has 4 saturated heterocycles. The first-order chi connectivity index (χ1) is 13.0. The second-order valence-corrected chi connectivity index (χ2v) is 8.22. The molecule has 6 rings (SSSR count). The van der Waals surface area contributed by atoms with E-state index in [0.29, 0.717) is 12.0 Å². The Morgan fingerprint density at radius 2 is 1.67 bits per heavy atom. The minimum atomic E-state index is -0.495. The number of aryl methyl sites for hydroxylation is 1. The van der Waals surface area contributed by atoms with Crippen molar-refractivity contribution in [3.05, 3.63) is 53.0 Å². The Kier molecular flexibility index (Phi) is 3.93. The molecule has 0 saturated carbocycles. The normalized spacial score (nSPS) is 32.0. The second-order valence-electron chi connectivity index (χ2n) is 8.22. The van der Waals surface area contributed by atoms with E-state index in [2.05, 4.69) is 26.7 Å². The number of rotatable bonds is 2. The van der Waals surface area contributed by atoms with Gasteiger partial charge in [-0.25, -0.2) is 18.7 Å². The molecule has 0 N–H and O–H groups in total. The molecule has 5 heterocycles. The van der Waals surface area contributed by atoms with Gasteiger partial charge in [0.15, 0.2) is 0 Å². The maximum atomic E-state index is 13.9. The van der Waals surface area contributed by atoms with Crippen LogP contribution < -0.4 is 4.90 Å². The Bertz CT molecular complexity index is 858. The van der Waals surface area contributed by atoms with Crippen LogP contribution in [0.25, 0.3) is 0 Å². The van der Waals surface area contributed by atoms with Gasteiger partial charge in [-0.3, -0.25) is 4.90 Å². The number of nitrogens with zero attached hydrogens (tertiary/aromatic N) is 4. The Morgan fingerprint density at radius 1 is 0.963 bits per heavy atom. The van der Waals surface area contributed by atoms with Crippen LogP contribution in [0.5, 0.6) is 0 Å². The van der Waals surface area contributed by atoms with Gasteiger partial charge in [0.1, 0.15) is 23.8 Å². The van der Waals surface area contributed by atoms with Crippen molar-refractivity contribution in [2.45, 2.75) is 44.7 Å². The second kappa shape index (κ2) is 6.23. The van der Waals surface area contributed by atoms with Gasteiger partial charge in [0, 0.05) is 41.9 Å². The van der Waals surface area contributed by atoms with Crippen LogP contribution >= 0.6 is 0 Å². The van der Waals surface area contributed by atoms with E-state index in [9.17, 15) is 8.78 Å². The zero-order valence-corrected chi connectivity index (χ0v) is 15.7. The van der Waals surface area contributed by atoms with Crippen molar-refractivity contribution < 1.29 is 8.78 Å². The van der Waals surface area contributed by atoms with Crippen LogP contribution in [0.1, 0.15) is 35.6 Å². The van der Waals surface area contributed by atoms with Crippen LogP contribution in [0.2, 0.25) is 0 Å². The van der Waals surface area contributed by atoms with Crippen molar-refractivity contribution in [2.24, 2.45) is 5.92 Å². The summed E-state index contributed by atoms with van der Waals surface area (Å²) in [5, 5.41) is 0. The van der Waals surface area contributed by atoms with E-state index in [0.717, 1.165) is 48.3 Å². The molecule has 0 aliphatic carbocycles. The molecule has 0 unspecified atom stereocenters. The Hall–Kier alpha value is -2.08. The van der Waals surface area contributed by atoms with E-state index in [4.69, 9.17) is 0 Å². The molecule has 1 aromatic carbocycles.